The quantitative estimate of drug-likeness (QED) is 0.615. The van der Waals surface area contributed by atoms with Crippen LogP contribution in [-0.4, -0.2) is 34.7 Å². The highest BCUT2D eigenvalue weighted by Gasteiger charge is 2.43. The molecule has 164 valence electrons. The van der Waals surface area contributed by atoms with Crippen LogP contribution in [0.4, 0.5) is 5.69 Å². The van der Waals surface area contributed by atoms with Gasteiger partial charge in [-0.15, -0.1) is 0 Å². The van der Waals surface area contributed by atoms with Crippen LogP contribution in [0.2, 0.25) is 0 Å². The summed E-state index contributed by atoms with van der Waals surface area (Å²) in [5.41, 5.74) is 1.17. The molecule has 1 amide bonds. The van der Waals surface area contributed by atoms with Gasteiger partial charge in [0.2, 0.25) is 12.7 Å². The van der Waals surface area contributed by atoms with Crippen LogP contribution in [0, 0.1) is 0 Å². The Balaban J connectivity index is 1.26. The van der Waals surface area contributed by atoms with E-state index in [9.17, 15) is 4.79 Å². The van der Waals surface area contributed by atoms with E-state index in [1.165, 1.54) is 0 Å². The number of hydrogen-bond donors (Lipinski definition) is 1. The predicted molar refractivity (Wildman–Crippen MR) is 120 cm³/mol. The Labute approximate surface area is 186 Å². The minimum Gasteiger partial charge on any atom is -0.456 e. The molecule has 3 aromatic rings. The van der Waals surface area contributed by atoms with E-state index in [0.717, 1.165) is 42.1 Å². The van der Waals surface area contributed by atoms with E-state index in [2.05, 4.69) is 15.2 Å². The summed E-state index contributed by atoms with van der Waals surface area (Å²) >= 11 is 0. The van der Waals surface area contributed by atoms with E-state index >= 15 is 0 Å². The fourth-order valence-corrected chi connectivity index (χ4v) is 4.27. The van der Waals surface area contributed by atoms with Gasteiger partial charge in [0.15, 0.2) is 11.5 Å². The SMILES string of the molecule is C[C@]1(C(=O)Nc2ccc(Oc3cccnc3)cc2)CCCN1Cc1cccc2c1OCO2. The maximum Gasteiger partial charge on any atom is 0.244 e. The number of para-hydroxylation sites is 1. The normalized spacial score (nSPS) is 19.7. The molecule has 0 spiro atoms. The van der Waals surface area contributed by atoms with Crippen LogP contribution < -0.4 is 19.5 Å². The summed E-state index contributed by atoms with van der Waals surface area (Å²) < 4.78 is 16.9. The maximum atomic E-state index is 13.3. The Morgan fingerprint density at radius 3 is 2.81 bits per heavy atom. The van der Waals surface area contributed by atoms with Crippen LogP contribution in [0.15, 0.2) is 67.0 Å². The van der Waals surface area contributed by atoms with Gasteiger partial charge in [-0.05, 0) is 68.8 Å². The molecule has 2 aliphatic rings. The monoisotopic (exact) mass is 431 g/mol. The van der Waals surface area contributed by atoms with Crippen LogP contribution in [0.5, 0.6) is 23.0 Å². The zero-order valence-corrected chi connectivity index (χ0v) is 17.9. The second-order valence-electron chi connectivity index (χ2n) is 8.22. The molecule has 2 aliphatic heterocycles. The molecule has 32 heavy (non-hydrogen) atoms. The highest BCUT2D eigenvalue weighted by molar-refractivity contribution is 5.98. The van der Waals surface area contributed by atoms with Gasteiger partial charge < -0.3 is 19.5 Å². The van der Waals surface area contributed by atoms with Crippen molar-refractivity contribution < 1.29 is 19.0 Å². The number of fused-ring (bicyclic) bond motifs is 1. The van der Waals surface area contributed by atoms with Gasteiger partial charge in [0.1, 0.15) is 11.5 Å². The third kappa shape index (κ3) is 3.99. The van der Waals surface area contributed by atoms with Gasteiger partial charge >= 0.3 is 0 Å². The Bertz CT molecular complexity index is 1100. The van der Waals surface area contributed by atoms with E-state index in [4.69, 9.17) is 14.2 Å². The minimum atomic E-state index is -0.604. The van der Waals surface area contributed by atoms with Crippen molar-refractivity contribution in [3.63, 3.8) is 0 Å². The molecule has 1 saturated heterocycles. The lowest BCUT2D eigenvalue weighted by Crippen LogP contribution is -2.50. The number of likely N-dealkylation sites (tertiary alicyclic amines) is 1. The molecule has 7 nitrogen and oxygen atoms in total. The molecule has 5 rings (SSSR count). The van der Waals surface area contributed by atoms with Crippen molar-refractivity contribution in [2.24, 2.45) is 0 Å². The topological polar surface area (TPSA) is 72.9 Å². The summed E-state index contributed by atoms with van der Waals surface area (Å²) in [6, 6.07) is 16.9. The number of aromatic nitrogens is 1. The number of carbonyl (C=O) groups is 1. The molecular formula is C25H25N3O4. The summed E-state index contributed by atoms with van der Waals surface area (Å²) in [4.78, 5) is 19.6. The van der Waals surface area contributed by atoms with Gasteiger partial charge in [-0.1, -0.05) is 12.1 Å². The lowest BCUT2D eigenvalue weighted by molar-refractivity contribution is -0.125. The molecule has 7 heteroatoms. The summed E-state index contributed by atoms with van der Waals surface area (Å²) in [5.74, 6) is 2.89. The summed E-state index contributed by atoms with van der Waals surface area (Å²) in [7, 11) is 0. The molecule has 1 atom stereocenters. The van der Waals surface area contributed by atoms with Crippen molar-refractivity contribution in [2.45, 2.75) is 31.8 Å². The highest BCUT2D eigenvalue weighted by Crippen LogP contribution is 2.39. The first kappa shape index (κ1) is 20.3. The van der Waals surface area contributed by atoms with Crippen LogP contribution in [0.1, 0.15) is 25.3 Å². The Morgan fingerprint density at radius 2 is 2.00 bits per heavy atom. The lowest BCUT2D eigenvalue weighted by atomic mass is 9.96. The second-order valence-corrected chi connectivity index (χ2v) is 8.22. The first-order chi connectivity index (χ1) is 15.6. The Hall–Kier alpha value is -3.58. The third-order valence-electron chi connectivity index (χ3n) is 6.10. The van der Waals surface area contributed by atoms with Crippen LogP contribution in [0.25, 0.3) is 0 Å². The average Bonchev–Trinajstić information content (AvgIpc) is 3.44. The number of amides is 1. The molecule has 1 N–H and O–H groups in total. The van der Waals surface area contributed by atoms with Crippen molar-refractivity contribution in [1.29, 1.82) is 0 Å². The maximum absolute atomic E-state index is 13.3. The molecule has 0 saturated carbocycles. The zero-order chi connectivity index (χ0) is 22.0. The van der Waals surface area contributed by atoms with Crippen molar-refractivity contribution in [1.82, 2.24) is 9.88 Å². The average molecular weight is 431 g/mol. The number of nitrogens with zero attached hydrogens (tertiary/aromatic N) is 2. The van der Waals surface area contributed by atoms with Gasteiger partial charge in [0, 0.05) is 24.0 Å². The highest BCUT2D eigenvalue weighted by atomic mass is 16.7. The molecular weight excluding hydrogens is 406 g/mol. The van der Waals surface area contributed by atoms with Crippen LogP contribution >= 0.6 is 0 Å². The zero-order valence-electron chi connectivity index (χ0n) is 17.9. The van der Waals surface area contributed by atoms with Crippen molar-refractivity contribution >= 4 is 11.6 Å². The Morgan fingerprint density at radius 1 is 1.12 bits per heavy atom. The van der Waals surface area contributed by atoms with E-state index in [1.54, 1.807) is 12.4 Å². The summed E-state index contributed by atoms with van der Waals surface area (Å²) in [5, 5.41) is 3.08. The molecule has 0 unspecified atom stereocenters. The number of rotatable bonds is 6. The first-order valence-electron chi connectivity index (χ1n) is 10.7. The number of anilines is 1. The second kappa shape index (κ2) is 8.51. The largest absolute Gasteiger partial charge is 0.456 e. The van der Waals surface area contributed by atoms with Crippen molar-refractivity contribution in [2.75, 3.05) is 18.7 Å². The number of benzene rings is 2. The first-order valence-corrected chi connectivity index (χ1v) is 10.7. The number of nitrogens with one attached hydrogen (secondary N) is 1. The van der Waals surface area contributed by atoms with E-state index in [1.807, 2.05) is 61.5 Å². The smallest absolute Gasteiger partial charge is 0.244 e. The van der Waals surface area contributed by atoms with Crippen molar-refractivity contribution in [3.8, 4) is 23.0 Å². The predicted octanol–water partition coefficient (Wildman–Crippen LogP) is 4.60. The Kier molecular flexibility index (Phi) is 5.41. The molecule has 1 fully saturated rings. The third-order valence-corrected chi connectivity index (χ3v) is 6.10. The fraction of sp³-hybridized carbons (Fsp3) is 0.280. The number of hydrogen-bond acceptors (Lipinski definition) is 6. The molecule has 0 bridgehead atoms. The number of ether oxygens (including phenoxy) is 3. The molecule has 3 heterocycles. The number of pyridine rings is 1. The lowest BCUT2D eigenvalue weighted by Gasteiger charge is -2.34. The van der Waals surface area contributed by atoms with Gasteiger partial charge in [-0.25, -0.2) is 0 Å². The minimum absolute atomic E-state index is 0.0133. The molecule has 1 aromatic heterocycles. The molecule has 0 aliphatic carbocycles. The van der Waals surface area contributed by atoms with E-state index in [0.29, 0.717) is 18.0 Å². The van der Waals surface area contributed by atoms with Crippen LogP contribution in [-0.2, 0) is 11.3 Å². The van der Waals surface area contributed by atoms with E-state index in [-0.39, 0.29) is 12.7 Å². The standard InChI is InChI=1S/C25H25N3O4/c1-25(12-4-14-28(25)16-18-5-2-7-22-23(18)31-17-30-22)24(29)27-19-8-10-20(11-9-19)32-21-6-3-13-26-15-21/h2-3,5-11,13,15H,4,12,14,16-17H2,1H3,(H,27,29)/t25-/m1/s1. The molecule has 2 aromatic carbocycles. The van der Waals surface area contributed by atoms with E-state index < -0.39 is 5.54 Å². The van der Waals surface area contributed by atoms with Gasteiger partial charge in [0.25, 0.3) is 0 Å². The number of carbonyl (C=O) groups excluding carboxylic acids is 1. The van der Waals surface area contributed by atoms with Gasteiger partial charge in [0.05, 0.1) is 11.7 Å². The van der Waals surface area contributed by atoms with Gasteiger partial charge in [-0.3, -0.25) is 14.7 Å². The van der Waals surface area contributed by atoms with Crippen molar-refractivity contribution in [3.05, 3.63) is 72.6 Å². The van der Waals surface area contributed by atoms with Gasteiger partial charge in [-0.2, -0.15) is 0 Å². The molecule has 0 radical (unpaired) electrons. The fourth-order valence-electron chi connectivity index (χ4n) is 4.27. The van der Waals surface area contributed by atoms with Crippen LogP contribution in [0.3, 0.4) is 0 Å². The summed E-state index contributed by atoms with van der Waals surface area (Å²) in [6.45, 7) is 3.74. The summed E-state index contributed by atoms with van der Waals surface area (Å²) in [6.07, 6.45) is 5.12.